The van der Waals surface area contributed by atoms with Gasteiger partial charge in [0.15, 0.2) is 0 Å². The predicted octanol–water partition coefficient (Wildman–Crippen LogP) is 1.92. The normalized spacial score (nSPS) is 13.1. The number of rotatable bonds is 7. The van der Waals surface area contributed by atoms with Crippen molar-refractivity contribution in [2.24, 2.45) is 0 Å². The average molecular weight is 363 g/mol. The number of ether oxygens (including phenoxy) is 1. The van der Waals surface area contributed by atoms with E-state index in [1.165, 1.54) is 18.2 Å². The molecular formula is C16H17N3O5S. The molecule has 8 nitrogen and oxygen atoms in total. The van der Waals surface area contributed by atoms with Gasteiger partial charge in [-0.2, -0.15) is 0 Å². The summed E-state index contributed by atoms with van der Waals surface area (Å²) in [5.41, 5.74) is 1.58. The molecule has 25 heavy (non-hydrogen) atoms. The second-order valence-electron chi connectivity index (χ2n) is 5.50. The number of hydrogen-bond donors (Lipinski definition) is 2. The van der Waals surface area contributed by atoms with E-state index in [1.54, 1.807) is 24.3 Å². The number of anilines is 1. The van der Waals surface area contributed by atoms with Gasteiger partial charge in [0.1, 0.15) is 5.75 Å². The minimum absolute atomic E-state index is 0.00634. The van der Waals surface area contributed by atoms with Gasteiger partial charge in [0, 0.05) is 37.3 Å². The molecule has 0 bridgehead atoms. The van der Waals surface area contributed by atoms with Gasteiger partial charge in [0.2, 0.25) is 10.0 Å². The summed E-state index contributed by atoms with van der Waals surface area (Å²) in [7, 11) is -3.59. The first kappa shape index (κ1) is 17.2. The third-order valence-corrected chi connectivity index (χ3v) is 5.25. The second kappa shape index (κ2) is 7.08. The maximum atomic E-state index is 12.3. The van der Waals surface area contributed by atoms with Crippen molar-refractivity contribution in [3.8, 4) is 5.75 Å². The van der Waals surface area contributed by atoms with Crippen LogP contribution in [0, 0.1) is 10.1 Å². The molecule has 3 rings (SSSR count). The van der Waals surface area contributed by atoms with Crippen molar-refractivity contribution in [2.45, 2.75) is 11.3 Å². The first-order chi connectivity index (χ1) is 12.0. The Kier molecular flexibility index (Phi) is 4.86. The van der Waals surface area contributed by atoms with E-state index < -0.39 is 14.9 Å². The lowest BCUT2D eigenvalue weighted by Crippen LogP contribution is -2.29. The smallest absolute Gasteiger partial charge is 0.269 e. The van der Waals surface area contributed by atoms with Gasteiger partial charge in [-0.15, -0.1) is 0 Å². The summed E-state index contributed by atoms with van der Waals surface area (Å²) in [4.78, 5) is 10.3. The van der Waals surface area contributed by atoms with Gasteiger partial charge in [-0.05, 0) is 35.9 Å². The number of sulfonamides is 1. The number of nitro benzene ring substituents is 1. The van der Waals surface area contributed by atoms with Crippen LogP contribution in [0.3, 0.4) is 0 Å². The predicted molar refractivity (Wildman–Crippen MR) is 92.4 cm³/mol. The molecule has 0 radical (unpaired) electrons. The van der Waals surface area contributed by atoms with Gasteiger partial charge in [-0.25, -0.2) is 13.1 Å². The zero-order chi connectivity index (χ0) is 17.9. The Morgan fingerprint density at radius 1 is 1.12 bits per heavy atom. The largest absolute Gasteiger partial charge is 0.493 e. The van der Waals surface area contributed by atoms with Crippen molar-refractivity contribution >= 4 is 21.4 Å². The zero-order valence-electron chi connectivity index (χ0n) is 13.3. The van der Waals surface area contributed by atoms with Crippen molar-refractivity contribution in [3.05, 3.63) is 58.1 Å². The molecule has 2 N–H and O–H groups in total. The van der Waals surface area contributed by atoms with E-state index in [0.717, 1.165) is 11.3 Å². The van der Waals surface area contributed by atoms with Gasteiger partial charge in [0.25, 0.3) is 5.69 Å². The van der Waals surface area contributed by atoms with Gasteiger partial charge in [-0.3, -0.25) is 10.1 Å². The van der Waals surface area contributed by atoms with Crippen LogP contribution in [0.2, 0.25) is 0 Å². The molecule has 132 valence electrons. The van der Waals surface area contributed by atoms with Crippen molar-refractivity contribution in [2.75, 3.05) is 25.0 Å². The van der Waals surface area contributed by atoms with E-state index in [4.69, 9.17) is 4.74 Å². The monoisotopic (exact) mass is 363 g/mol. The first-order valence-electron chi connectivity index (χ1n) is 7.69. The lowest BCUT2D eigenvalue weighted by Gasteiger charge is -2.09. The van der Waals surface area contributed by atoms with Crippen LogP contribution in [0.4, 0.5) is 11.4 Å². The molecule has 0 aromatic heterocycles. The molecule has 2 aromatic carbocycles. The Morgan fingerprint density at radius 2 is 1.88 bits per heavy atom. The molecule has 1 aliphatic heterocycles. The van der Waals surface area contributed by atoms with Gasteiger partial charge < -0.3 is 10.1 Å². The van der Waals surface area contributed by atoms with E-state index in [1.807, 2.05) is 0 Å². The molecule has 2 aromatic rings. The molecule has 0 spiro atoms. The fourth-order valence-corrected chi connectivity index (χ4v) is 3.59. The van der Waals surface area contributed by atoms with E-state index in [0.29, 0.717) is 25.3 Å². The third kappa shape index (κ3) is 4.06. The molecule has 0 amide bonds. The Bertz CT molecular complexity index is 881. The summed E-state index contributed by atoms with van der Waals surface area (Å²) in [6.45, 7) is 1.11. The quantitative estimate of drug-likeness (QED) is 0.442. The molecule has 0 fully saturated rings. The topological polar surface area (TPSA) is 111 Å². The zero-order valence-corrected chi connectivity index (χ0v) is 14.1. The van der Waals surface area contributed by atoms with Crippen LogP contribution in [-0.2, 0) is 16.4 Å². The Labute approximate surface area is 145 Å². The lowest BCUT2D eigenvalue weighted by atomic mass is 10.2. The fourth-order valence-electron chi connectivity index (χ4n) is 2.51. The highest BCUT2D eigenvalue weighted by molar-refractivity contribution is 7.89. The highest BCUT2D eigenvalue weighted by Gasteiger charge is 2.18. The lowest BCUT2D eigenvalue weighted by molar-refractivity contribution is -0.384. The van der Waals surface area contributed by atoms with Crippen LogP contribution >= 0.6 is 0 Å². The van der Waals surface area contributed by atoms with E-state index in [9.17, 15) is 18.5 Å². The standard InChI is InChI=1S/C16H17N3O5S/c20-19(21)14-3-1-13(2-4-14)17-8-9-18-25(22,23)15-5-6-16-12(11-15)7-10-24-16/h1-6,11,17-18H,7-10H2. The van der Waals surface area contributed by atoms with Crippen molar-refractivity contribution < 1.29 is 18.1 Å². The van der Waals surface area contributed by atoms with Crippen molar-refractivity contribution in [1.29, 1.82) is 0 Å². The summed E-state index contributed by atoms with van der Waals surface area (Å²) in [5, 5.41) is 13.6. The highest BCUT2D eigenvalue weighted by atomic mass is 32.2. The average Bonchev–Trinajstić information content (AvgIpc) is 3.07. The molecule has 0 unspecified atom stereocenters. The van der Waals surface area contributed by atoms with E-state index >= 15 is 0 Å². The molecule has 0 saturated heterocycles. The van der Waals surface area contributed by atoms with Crippen LogP contribution in [0.25, 0.3) is 0 Å². The Balaban J connectivity index is 1.53. The molecule has 1 aliphatic rings. The maximum Gasteiger partial charge on any atom is 0.269 e. The third-order valence-electron chi connectivity index (χ3n) is 3.80. The van der Waals surface area contributed by atoms with Crippen molar-refractivity contribution in [1.82, 2.24) is 4.72 Å². The Hall–Kier alpha value is -2.65. The second-order valence-corrected chi connectivity index (χ2v) is 7.26. The number of fused-ring (bicyclic) bond motifs is 1. The number of non-ortho nitro benzene ring substituents is 1. The highest BCUT2D eigenvalue weighted by Crippen LogP contribution is 2.27. The summed E-state index contributed by atoms with van der Waals surface area (Å²) in [5.74, 6) is 0.735. The van der Waals surface area contributed by atoms with Crippen LogP contribution in [-0.4, -0.2) is 33.0 Å². The van der Waals surface area contributed by atoms with Crippen LogP contribution in [0.1, 0.15) is 5.56 Å². The van der Waals surface area contributed by atoms with E-state index in [-0.39, 0.29) is 17.1 Å². The molecule has 0 atom stereocenters. The fraction of sp³-hybridized carbons (Fsp3) is 0.250. The first-order valence-corrected chi connectivity index (χ1v) is 9.18. The van der Waals surface area contributed by atoms with Gasteiger partial charge in [-0.1, -0.05) is 0 Å². The number of nitrogens with zero attached hydrogens (tertiary/aromatic N) is 1. The summed E-state index contributed by atoms with van der Waals surface area (Å²) in [6.07, 6.45) is 0.709. The summed E-state index contributed by atoms with van der Waals surface area (Å²) < 4.78 is 32.5. The Morgan fingerprint density at radius 3 is 2.60 bits per heavy atom. The molecular weight excluding hydrogens is 346 g/mol. The molecule has 1 heterocycles. The van der Waals surface area contributed by atoms with Crippen LogP contribution in [0.15, 0.2) is 47.4 Å². The number of hydrogen-bond acceptors (Lipinski definition) is 6. The number of nitrogens with one attached hydrogen (secondary N) is 2. The van der Waals surface area contributed by atoms with Gasteiger partial charge >= 0.3 is 0 Å². The summed E-state index contributed by atoms with van der Waals surface area (Å²) in [6, 6.07) is 10.8. The minimum atomic E-state index is -3.59. The molecule has 0 aliphatic carbocycles. The summed E-state index contributed by atoms with van der Waals surface area (Å²) >= 11 is 0. The number of benzene rings is 2. The minimum Gasteiger partial charge on any atom is -0.493 e. The van der Waals surface area contributed by atoms with Gasteiger partial charge in [0.05, 0.1) is 16.4 Å². The molecule has 0 saturated carbocycles. The van der Waals surface area contributed by atoms with Crippen LogP contribution in [0.5, 0.6) is 5.75 Å². The maximum absolute atomic E-state index is 12.3. The number of nitro groups is 1. The molecule has 9 heteroatoms. The SMILES string of the molecule is O=[N+]([O-])c1ccc(NCCNS(=O)(=O)c2ccc3c(c2)CCO3)cc1. The van der Waals surface area contributed by atoms with E-state index in [2.05, 4.69) is 10.0 Å². The van der Waals surface area contributed by atoms with Crippen LogP contribution < -0.4 is 14.8 Å². The van der Waals surface area contributed by atoms with Crippen molar-refractivity contribution in [3.63, 3.8) is 0 Å².